The molecule has 0 saturated carbocycles. The van der Waals surface area contributed by atoms with Gasteiger partial charge in [0, 0.05) is 18.7 Å². The standard InChI is InChI=1S/C19H21FN6O2/c1-4-21-17(27)15-9-12(13-7-6-11(3)8-14(13)20)10-16-23-18(25-26(15)16)24-19(28)22-5-2/h6-10H,4-5H2,1-3H3,(H,21,27)(H2,22,24,25,28). The maximum Gasteiger partial charge on any atom is 0.321 e. The summed E-state index contributed by atoms with van der Waals surface area (Å²) in [5, 5.41) is 12.0. The van der Waals surface area contributed by atoms with E-state index in [0.717, 1.165) is 5.56 Å². The van der Waals surface area contributed by atoms with Gasteiger partial charge in [0.25, 0.3) is 11.9 Å². The summed E-state index contributed by atoms with van der Waals surface area (Å²) in [6, 6.07) is 7.59. The van der Waals surface area contributed by atoms with E-state index in [0.29, 0.717) is 29.9 Å². The first kappa shape index (κ1) is 19.3. The number of anilines is 1. The first-order chi connectivity index (χ1) is 13.4. The molecule has 0 atom stereocenters. The van der Waals surface area contributed by atoms with Crippen LogP contribution in [-0.4, -0.2) is 39.6 Å². The SMILES string of the molecule is CCNC(=O)Nc1nc2cc(-c3ccc(C)cc3F)cc(C(=O)NCC)n2n1. The normalized spacial score (nSPS) is 10.7. The van der Waals surface area contributed by atoms with Gasteiger partial charge >= 0.3 is 6.03 Å². The lowest BCUT2D eigenvalue weighted by molar-refractivity contribution is 0.0948. The molecule has 0 saturated heterocycles. The number of amides is 3. The number of hydrogen-bond donors (Lipinski definition) is 3. The highest BCUT2D eigenvalue weighted by Gasteiger charge is 2.18. The smallest absolute Gasteiger partial charge is 0.321 e. The lowest BCUT2D eigenvalue weighted by atomic mass is 10.0. The summed E-state index contributed by atoms with van der Waals surface area (Å²) in [4.78, 5) is 28.5. The second kappa shape index (κ2) is 8.03. The Hall–Kier alpha value is -3.49. The number of carbonyl (C=O) groups is 2. The van der Waals surface area contributed by atoms with Crippen molar-refractivity contribution in [1.82, 2.24) is 25.2 Å². The third-order valence-electron chi connectivity index (χ3n) is 4.01. The molecule has 0 aliphatic heterocycles. The number of pyridine rings is 1. The zero-order chi connectivity index (χ0) is 20.3. The molecular weight excluding hydrogens is 363 g/mol. The zero-order valence-electron chi connectivity index (χ0n) is 15.8. The van der Waals surface area contributed by atoms with Gasteiger partial charge in [-0.05, 0) is 50.1 Å². The van der Waals surface area contributed by atoms with Crippen LogP contribution in [0.25, 0.3) is 16.8 Å². The van der Waals surface area contributed by atoms with E-state index in [9.17, 15) is 14.0 Å². The number of carbonyl (C=O) groups excluding carboxylic acids is 2. The number of aryl methyl sites for hydroxylation is 1. The topological polar surface area (TPSA) is 100 Å². The summed E-state index contributed by atoms with van der Waals surface area (Å²) in [5.74, 6) is -0.735. The number of nitrogens with one attached hydrogen (secondary N) is 3. The van der Waals surface area contributed by atoms with Gasteiger partial charge in [0.2, 0.25) is 0 Å². The lowest BCUT2D eigenvalue weighted by Crippen LogP contribution is -2.28. The third kappa shape index (κ3) is 3.93. The maximum absolute atomic E-state index is 14.5. The molecular formula is C19H21FN6O2. The van der Waals surface area contributed by atoms with E-state index >= 15 is 0 Å². The van der Waals surface area contributed by atoms with Gasteiger partial charge < -0.3 is 10.6 Å². The number of halogens is 1. The van der Waals surface area contributed by atoms with E-state index < -0.39 is 11.8 Å². The van der Waals surface area contributed by atoms with Gasteiger partial charge in [0.15, 0.2) is 5.65 Å². The first-order valence-corrected chi connectivity index (χ1v) is 8.93. The Labute approximate surface area is 161 Å². The Bertz CT molecular complexity index is 1050. The molecule has 0 aliphatic rings. The molecule has 0 radical (unpaired) electrons. The number of rotatable bonds is 5. The van der Waals surface area contributed by atoms with Gasteiger partial charge in [-0.1, -0.05) is 12.1 Å². The van der Waals surface area contributed by atoms with Gasteiger partial charge in [-0.25, -0.2) is 13.7 Å². The van der Waals surface area contributed by atoms with Crippen molar-refractivity contribution in [2.45, 2.75) is 20.8 Å². The van der Waals surface area contributed by atoms with E-state index in [-0.39, 0.29) is 17.5 Å². The fraction of sp³-hybridized carbons (Fsp3) is 0.263. The number of urea groups is 1. The molecule has 0 spiro atoms. The molecule has 3 amide bonds. The molecule has 8 nitrogen and oxygen atoms in total. The molecule has 3 aromatic rings. The van der Waals surface area contributed by atoms with Crippen LogP contribution in [0.4, 0.5) is 15.1 Å². The van der Waals surface area contributed by atoms with E-state index in [4.69, 9.17) is 0 Å². The van der Waals surface area contributed by atoms with E-state index in [1.807, 2.05) is 0 Å². The predicted octanol–water partition coefficient (Wildman–Crippen LogP) is 2.73. The van der Waals surface area contributed by atoms with Crippen LogP contribution >= 0.6 is 0 Å². The van der Waals surface area contributed by atoms with Crippen LogP contribution in [0.15, 0.2) is 30.3 Å². The van der Waals surface area contributed by atoms with Gasteiger partial charge in [-0.3, -0.25) is 10.1 Å². The molecule has 146 valence electrons. The molecule has 28 heavy (non-hydrogen) atoms. The molecule has 0 unspecified atom stereocenters. The number of fused-ring (bicyclic) bond motifs is 1. The van der Waals surface area contributed by atoms with Gasteiger partial charge in [-0.2, -0.15) is 4.98 Å². The van der Waals surface area contributed by atoms with Crippen LogP contribution in [0.5, 0.6) is 0 Å². The molecule has 3 N–H and O–H groups in total. The maximum atomic E-state index is 14.5. The fourth-order valence-electron chi connectivity index (χ4n) is 2.77. The minimum atomic E-state index is -0.456. The molecule has 0 aliphatic carbocycles. The summed E-state index contributed by atoms with van der Waals surface area (Å²) in [5.41, 5.74) is 2.13. The lowest BCUT2D eigenvalue weighted by Gasteiger charge is -2.09. The zero-order valence-corrected chi connectivity index (χ0v) is 15.8. The van der Waals surface area contributed by atoms with Crippen molar-refractivity contribution >= 4 is 23.5 Å². The Morgan fingerprint density at radius 2 is 1.86 bits per heavy atom. The van der Waals surface area contributed by atoms with Crippen LogP contribution in [0, 0.1) is 12.7 Å². The second-order valence-corrected chi connectivity index (χ2v) is 6.16. The minimum absolute atomic E-state index is 0.0398. The Morgan fingerprint density at radius 1 is 1.11 bits per heavy atom. The van der Waals surface area contributed by atoms with Crippen LogP contribution in [0.2, 0.25) is 0 Å². The Balaban J connectivity index is 2.13. The number of benzene rings is 1. The van der Waals surface area contributed by atoms with Gasteiger partial charge in [0.1, 0.15) is 11.5 Å². The highest BCUT2D eigenvalue weighted by molar-refractivity contribution is 5.95. The summed E-state index contributed by atoms with van der Waals surface area (Å²) in [6.45, 7) is 6.24. The van der Waals surface area contributed by atoms with Crippen LogP contribution in [0.1, 0.15) is 29.9 Å². The summed E-state index contributed by atoms with van der Waals surface area (Å²) < 4.78 is 15.8. The van der Waals surface area contributed by atoms with Crippen molar-refractivity contribution in [3.05, 3.63) is 47.4 Å². The second-order valence-electron chi connectivity index (χ2n) is 6.16. The van der Waals surface area contributed by atoms with Crippen molar-refractivity contribution in [3.8, 4) is 11.1 Å². The van der Waals surface area contributed by atoms with E-state index in [1.54, 1.807) is 45.0 Å². The van der Waals surface area contributed by atoms with Crippen molar-refractivity contribution in [1.29, 1.82) is 0 Å². The largest absolute Gasteiger partial charge is 0.351 e. The van der Waals surface area contributed by atoms with Crippen molar-refractivity contribution in [2.24, 2.45) is 0 Å². The summed E-state index contributed by atoms with van der Waals surface area (Å²) in [6.07, 6.45) is 0. The highest BCUT2D eigenvalue weighted by Crippen LogP contribution is 2.26. The van der Waals surface area contributed by atoms with Gasteiger partial charge in [-0.15, -0.1) is 5.10 Å². The van der Waals surface area contributed by atoms with Crippen molar-refractivity contribution < 1.29 is 14.0 Å². The van der Waals surface area contributed by atoms with Crippen molar-refractivity contribution in [3.63, 3.8) is 0 Å². The summed E-state index contributed by atoms with van der Waals surface area (Å²) >= 11 is 0. The fourth-order valence-corrected chi connectivity index (χ4v) is 2.77. The molecule has 0 bridgehead atoms. The number of aromatic nitrogens is 3. The highest BCUT2D eigenvalue weighted by atomic mass is 19.1. The minimum Gasteiger partial charge on any atom is -0.351 e. The monoisotopic (exact) mass is 384 g/mol. The predicted molar refractivity (Wildman–Crippen MR) is 104 cm³/mol. The molecule has 2 heterocycles. The average Bonchev–Trinajstić information content (AvgIpc) is 3.03. The molecule has 1 aromatic carbocycles. The average molecular weight is 384 g/mol. The molecule has 9 heteroatoms. The molecule has 2 aromatic heterocycles. The van der Waals surface area contributed by atoms with Gasteiger partial charge in [0.05, 0.1) is 0 Å². The summed E-state index contributed by atoms with van der Waals surface area (Å²) in [7, 11) is 0. The molecule has 3 rings (SSSR count). The Morgan fingerprint density at radius 3 is 2.54 bits per heavy atom. The number of hydrogen-bond acceptors (Lipinski definition) is 4. The molecule has 0 fully saturated rings. The third-order valence-corrected chi connectivity index (χ3v) is 4.01. The first-order valence-electron chi connectivity index (χ1n) is 8.93. The van der Waals surface area contributed by atoms with Crippen LogP contribution < -0.4 is 16.0 Å². The van der Waals surface area contributed by atoms with Crippen LogP contribution in [0.3, 0.4) is 0 Å². The van der Waals surface area contributed by atoms with E-state index in [1.165, 1.54) is 10.6 Å². The van der Waals surface area contributed by atoms with E-state index in [2.05, 4.69) is 26.0 Å². The van der Waals surface area contributed by atoms with Crippen molar-refractivity contribution in [2.75, 3.05) is 18.4 Å². The van der Waals surface area contributed by atoms with Crippen LogP contribution in [-0.2, 0) is 0 Å². The number of nitrogens with zero attached hydrogens (tertiary/aromatic N) is 3. The Kier molecular flexibility index (Phi) is 5.53. The quantitative estimate of drug-likeness (QED) is 0.630.